The van der Waals surface area contributed by atoms with Gasteiger partial charge in [0.15, 0.2) is 0 Å². The van der Waals surface area contributed by atoms with Crippen LogP contribution in [0.1, 0.15) is 37.0 Å². The minimum Gasteiger partial charge on any atom is -0.469 e. The van der Waals surface area contributed by atoms with Gasteiger partial charge in [-0.25, -0.2) is 8.78 Å². The van der Waals surface area contributed by atoms with Crippen molar-refractivity contribution in [2.75, 3.05) is 13.7 Å². The zero-order chi connectivity index (χ0) is 19.0. The number of esters is 1. The number of ether oxygens (including phenoxy) is 1. The van der Waals surface area contributed by atoms with Gasteiger partial charge >= 0.3 is 5.97 Å². The van der Waals surface area contributed by atoms with Crippen molar-refractivity contribution < 1.29 is 27.9 Å². The first-order valence-electron chi connectivity index (χ1n) is 7.87. The maximum atomic E-state index is 13.7. The smallest absolute Gasteiger partial charge is 0.305 e. The van der Waals surface area contributed by atoms with Crippen molar-refractivity contribution in [3.05, 3.63) is 35.4 Å². The molecule has 0 aromatic heterocycles. The molecule has 2 N–H and O–H groups in total. The summed E-state index contributed by atoms with van der Waals surface area (Å²) in [4.78, 5) is 35.3. The van der Waals surface area contributed by atoms with Crippen LogP contribution in [0.15, 0.2) is 18.2 Å². The van der Waals surface area contributed by atoms with Crippen LogP contribution in [0.25, 0.3) is 0 Å². The molecule has 25 heavy (non-hydrogen) atoms. The fraction of sp³-hybridized carbons (Fsp3) is 0.471. The molecule has 2 amide bonds. The topological polar surface area (TPSA) is 84.5 Å². The minimum absolute atomic E-state index is 0.149. The van der Waals surface area contributed by atoms with Gasteiger partial charge in [-0.3, -0.25) is 14.4 Å². The van der Waals surface area contributed by atoms with Crippen LogP contribution in [0.5, 0.6) is 0 Å². The molecule has 8 heteroatoms. The minimum atomic E-state index is -1.00. The lowest BCUT2D eigenvalue weighted by Gasteiger charge is -2.22. The highest BCUT2D eigenvalue weighted by molar-refractivity contribution is 5.98. The molecular weight excluding hydrogens is 334 g/mol. The average Bonchev–Trinajstić information content (AvgIpc) is 2.55. The zero-order valence-electron chi connectivity index (χ0n) is 14.4. The lowest BCUT2D eigenvalue weighted by Crippen LogP contribution is -2.50. The largest absolute Gasteiger partial charge is 0.469 e. The molecule has 0 heterocycles. The Kier molecular flexibility index (Phi) is 7.97. The van der Waals surface area contributed by atoms with Crippen molar-refractivity contribution in [2.24, 2.45) is 5.92 Å². The quantitative estimate of drug-likeness (QED) is 0.549. The van der Waals surface area contributed by atoms with E-state index in [1.165, 1.54) is 7.11 Å². The number of hydrogen-bond acceptors (Lipinski definition) is 4. The molecule has 0 aliphatic heterocycles. The van der Waals surface area contributed by atoms with Crippen LogP contribution >= 0.6 is 0 Å². The summed E-state index contributed by atoms with van der Waals surface area (Å²) in [7, 11) is 1.27. The Morgan fingerprint density at radius 2 is 1.76 bits per heavy atom. The van der Waals surface area contributed by atoms with Crippen molar-refractivity contribution in [1.29, 1.82) is 0 Å². The molecule has 0 saturated carbocycles. The molecular formula is C17H22F2N2O4. The molecule has 0 fully saturated rings. The van der Waals surface area contributed by atoms with E-state index in [0.29, 0.717) is 6.42 Å². The zero-order valence-corrected chi connectivity index (χ0v) is 14.4. The number of hydrogen-bond donors (Lipinski definition) is 2. The van der Waals surface area contributed by atoms with Gasteiger partial charge in [0.2, 0.25) is 5.91 Å². The van der Waals surface area contributed by atoms with Crippen molar-refractivity contribution in [3.63, 3.8) is 0 Å². The second-order valence-electron chi connectivity index (χ2n) is 5.76. The predicted molar refractivity (Wildman–Crippen MR) is 86.7 cm³/mol. The molecule has 0 spiro atoms. The van der Waals surface area contributed by atoms with Gasteiger partial charge in [-0.05, 0) is 24.5 Å². The maximum absolute atomic E-state index is 13.7. The van der Waals surface area contributed by atoms with E-state index in [2.05, 4.69) is 15.4 Å². The van der Waals surface area contributed by atoms with E-state index in [0.717, 1.165) is 18.2 Å². The average molecular weight is 356 g/mol. The number of amides is 2. The molecule has 0 aliphatic rings. The number of carbonyl (C=O) groups excluding carboxylic acids is 3. The number of carbonyl (C=O) groups is 3. The van der Waals surface area contributed by atoms with E-state index in [9.17, 15) is 23.2 Å². The highest BCUT2D eigenvalue weighted by Gasteiger charge is 2.27. The third-order valence-corrected chi connectivity index (χ3v) is 3.51. The predicted octanol–water partition coefficient (Wildman–Crippen LogP) is 1.79. The molecule has 6 nitrogen and oxygen atoms in total. The Balaban J connectivity index is 2.69. The fourth-order valence-electron chi connectivity index (χ4n) is 2.12. The molecule has 1 atom stereocenters. The summed E-state index contributed by atoms with van der Waals surface area (Å²) < 4.78 is 31.8. The first kappa shape index (κ1) is 20.5. The van der Waals surface area contributed by atoms with Crippen molar-refractivity contribution in [3.8, 4) is 0 Å². The molecule has 138 valence electrons. The Morgan fingerprint density at radius 1 is 1.16 bits per heavy atom. The highest BCUT2D eigenvalue weighted by Crippen LogP contribution is 2.13. The van der Waals surface area contributed by atoms with Crippen molar-refractivity contribution in [1.82, 2.24) is 10.6 Å². The lowest BCUT2D eigenvalue weighted by molar-refractivity contribution is -0.140. The second kappa shape index (κ2) is 9.71. The van der Waals surface area contributed by atoms with Gasteiger partial charge in [0.1, 0.15) is 23.2 Å². The lowest BCUT2D eigenvalue weighted by atomic mass is 10.0. The number of benzene rings is 1. The first-order valence-corrected chi connectivity index (χ1v) is 7.87. The van der Waals surface area contributed by atoms with Gasteiger partial charge in [-0.15, -0.1) is 0 Å². The SMILES string of the molecule is COC(=O)CCCNC(=O)C(NC(=O)c1c(F)cccc1F)C(C)C. The van der Waals surface area contributed by atoms with Crippen molar-refractivity contribution >= 4 is 17.8 Å². The van der Waals surface area contributed by atoms with E-state index >= 15 is 0 Å². The molecule has 0 radical (unpaired) electrons. The first-order chi connectivity index (χ1) is 11.8. The van der Waals surface area contributed by atoms with E-state index < -0.39 is 41.0 Å². The van der Waals surface area contributed by atoms with E-state index in [1.807, 2.05) is 0 Å². The van der Waals surface area contributed by atoms with Gasteiger partial charge in [0.05, 0.1) is 7.11 Å². The Hall–Kier alpha value is -2.51. The summed E-state index contributed by atoms with van der Waals surface area (Å²) in [5.74, 6) is -4.20. The molecule has 1 aromatic rings. The number of nitrogens with one attached hydrogen (secondary N) is 2. The van der Waals surface area contributed by atoms with Gasteiger partial charge in [0, 0.05) is 13.0 Å². The summed E-state index contributed by atoms with van der Waals surface area (Å²) >= 11 is 0. The second-order valence-corrected chi connectivity index (χ2v) is 5.76. The van der Waals surface area contributed by atoms with E-state index in [4.69, 9.17) is 0 Å². The molecule has 1 rings (SSSR count). The van der Waals surface area contributed by atoms with Gasteiger partial charge in [0.25, 0.3) is 5.91 Å². The fourth-order valence-corrected chi connectivity index (χ4v) is 2.12. The molecule has 0 saturated heterocycles. The molecule has 1 aromatic carbocycles. The summed E-state index contributed by atoms with van der Waals surface area (Å²) in [5, 5.41) is 4.93. The van der Waals surface area contributed by atoms with Crippen LogP contribution in [0, 0.1) is 17.6 Å². The van der Waals surface area contributed by atoms with Crippen LogP contribution in [0.2, 0.25) is 0 Å². The Morgan fingerprint density at radius 3 is 2.28 bits per heavy atom. The molecule has 1 unspecified atom stereocenters. The number of rotatable bonds is 8. The summed E-state index contributed by atoms with van der Waals surface area (Å²) in [5.41, 5.74) is -0.730. The van der Waals surface area contributed by atoms with Gasteiger partial charge in [-0.2, -0.15) is 0 Å². The van der Waals surface area contributed by atoms with Crippen LogP contribution in [0.3, 0.4) is 0 Å². The number of halogens is 2. The third-order valence-electron chi connectivity index (χ3n) is 3.51. The van der Waals surface area contributed by atoms with Gasteiger partial charge in [-0.1, -0.05) is 19.9 Å². The third kappa shape index (κ3) is 6.13. The molecule has 0 bridgehead atoms. The van der Waals surface area contributed by atoms with Crippen LogP contribution < -0.4 is 10.6 Å². The van der Waals surface area contributed by atoms with Crippen LogP contribution in [0.4, 0.5) is 8.78 Å². The maximum Gasteiger partial charge on any atom is 0.305 e. The van der Waals surface area contributed by atoms with E-state index in [-0.39, 0.29) is 18.9 Å². The highest BCUT2D eigenvalue weighted by atomic mass is 19.1. The van der Waals surface area contributed by atoms with Crippen LogP contribution in [-0.4, -0.2) is 37.5 Å². The molecule has 0 aliphatic carbocycles. The van der Waals surface area contributed by atoms with Crippen molar-refractivity contribution in [2.45, 2.75) is 32.7 Å². The van der Waals surface area contributed by atoms with E-state index in [1.54, 1.807) is 13.8 Å². The Labute approximate surface area is 144 Å². The standard InChI is InChI=1S/C17H22F2N2O4/c1-10(2)15(17(24)20-9-5-8-13(22)25-3)21-16(23)14-11(18)6-4-7-12(14)19/h4,6-7,10,15H,5,8-9H2,1-3H3,(H,20,24)(H,21,23). The van der Waals surface area contributed by atoms with Crippen LogP contribution in [-0.2, 0) is 14.3 Å². The number of methoxy groups -OCH3 is 1. The van der Waals surface area contributed by atoms with Gasteiger partial charge < -0.3 is 15.4 Å². The normalized spacial score (nSPS) is 11.8. The monoisotopic (exact) mass is 356 g/mol. The summed E-state index contributed by atoms with van der Waals surface area (Å²) in [6.45, 7) is 3.59. The summed E-state index contributed by atoms with van der Waals surface area (Å²) in [6.07, 6.45) is 0.523. The Bertz CT molecular complexity index is 615. The summed E-state index contributed by atoms with van der Waals surface area (Å²) in [6, 6.07) is 2.12.